The molecule has 2 unspecified atom stereocenters. The molecule has 9 nitrogen and oxygen atoms in total. The van der Waals surface area contributed by atoms with Crippen LogP contribution in [0.1, 0.15) is 10.4 Å². The number of nitrogens with one attached hydrogen (secondary N) is 2. The molecule has 1 saturated heterocycles. The summed E-state index contributed by atoms with van der Waals surface area (Å²) in [5.74, 6) is -0.0345. The van der Waals surface area contributed by atoms with Gasteiger partial charge in [0, 0.05) is 48.3 Å². The topological polar surface area (TPSA) is 106 Å². The monoisotopic (exact) mass is 505 g/mol. The number of rotatable bonds is 7. The smallest absolute Gasteiger partial charge is 0.420 e. The maximum absolute atomic E-state index is 12.9. The fourth-order valence-electron chi connectivity index (χ4n) is 3.90. The van der Waals surface area contributed by atoms with E-state index in [1.54, 1.807) is 18.3 Å². The Bertz CT molecular complexity index is 1210. The summed E-state index contributed by atoms with van der Waals surface area (Å²) in [5, 5.41) is 20.1. The highest BCUT2D eigenvalue weighted by Crippen LogP contribution is 2.32. The fourth-order valence-corrected chi connectivity index (χ4v) is 3.98. The molecule has 3 heterocycles. The van der Waals surface area contributed by atoms with Crippen LogP contribution in [0.25, 0.3) is 11.3 Å². The van der Waals surface area contributed by atoms with Gasteiger partial charge >= 0.3 is 5.57 Å². The summed E-state index contributed by atoms with van der Waals surface area (Å²) in [4.78, 5) is 19.4. The molecule has 0 spiro atoms. The van der Waals surface area contributed by atoms with Crippen molar-refractivity contribution in [3.05, 3.63) is 54.4 Å². The first-order valence-corrected chi connectivity index (χ1v) is 11.1. The van der Waals surface area contributed by atoms with Gasteiger partial charge in [0.2, 0.25) is 0 Å². The Labute approximate surface area is 205 Å². The van der Waals surface area contributed by atoms with E-state index in [-0.39, 0.29) is 17.2 Å². The third-order valence-corrected chi connectivity index (χ3v) is 5.46. The molecule has 4 rings (SSSR count). The molecule has 2 atom stereocenters. The summed E-state index contributed by atoms with van der Waals surface area (Å²) < 4.78 is 31.7. The number of aliphatic hydroxyl groups is 1. The van der Waals surface area contributed by atoms with E-state index in [4.69, 9.17) is 11.6 Å². The number of hydrogen-bond donors (Lipinski definition) is 3. The molecule has 1 aliphatic rings. The van der Waals surface area contributed by atoms with Crippen molar-refractivity contribution in [1.29, 1.82) is 0 Å². The Hall–Kier alpha value is -3.57. The number of H-pyrrole nitrogens is 1. The van der Waals surface area contributed by atoms with E-state index in [9.17, 15) is 18.7 Å². The van der Waals surface area contributed by atoms with Crippen LogP contribution in [-0.4, -0.2) is 75.8 Å². The number of halogens is 3. The molecular weight excluding hydrogens is 482 g/mol. The molecular formula is C23H24ClF2N6O3+. The Balaban J connectivity index is 1.56. The van der Waals surface area contributed by atoms with Crippen molar-refractivity contribution in [2.75, 3.05) is 37.4 Å². The number of amides is 1. The first kappa shape index (κ1) is 24.6. The molecule has 1 aromatic carbocycles. The lowest BCUT2D eigenvalue weighted by Gasteiger charge is -2.20. The molecule has 1 amide bonds. The molecule has 35 heavy (non-hydrogen) atoms. The number of nitrogens with zero attached hydrogens (tertiary/aromatic N) is 4. The molecule has 0 radical (unpaired) electrons. The van der Waals surface area contributed by atoms with E-state index in [1.165, 1.54) is 30.5 Å². The number of β-amino-alcohol motifs (C(OH)–C–C–N with tert-alkyl or cyclic N) is 1. The van der Waals surface area contributed by atoms with E-state index in [0.29, 0.717) is 35.9 Å². The van der Waals surface area contributed by atoms with Gasteiger partial charge in [-0.1, -0.05) is 0 Å². The van der Waals surface area contributed by atoms with Crippen molar-refractivity contribution < 1.29 is 28.0 Å². The molecule has 1 fully saturated rings. The number of carbonyl (C=O) groups is 1. The van der Waals surface area contributed by atoms with Crippen molar-refractivity contribution in [3.63, 3.8) is 0 Å². The molecule has 184 valence electrons. The van der Waals surface area contributed by atoms with Gasteiger partial charge in [-0.15, -0.1) is 8.78 Å². The van der Waals surface area contributed by atoms with Gasteiger partial charge < -0.3 is 20.1 Å². The highest BCUT2D eigenvalue weighted by molar-refractivity contribution is 6.20. The first-order valence-electron chi connectivity index (χ1n) is 10.7. The van der Waals surface area contributed by atoms with Gasteiger partial charge in [-0.2, -0.15) is 5.10 Å². The number of carbonyl (C=O) groups excluding carboxylic acids is 1. The third kappa shape index (κ3) is 6.11. The molecule has 12 heteroatoms. The van der Waals surface area contributed by atoms with Crippen LogP contribution >= 0.6 is 11.6 Å². The minimum absolute atomic E-state index is 0.0601. The molecule has 1 aliphatic heterocycles. The van der Waals surface area contributed by atoms with Crippen LogP contribution in [0.2, 0.25) is 0 Å². The van der Waals surface area contributed by atoms with Crippen LogP contribution < -0.4 is 15.0 Å². The van der Waals surface area contributed by atoms with Gasteiger partial charge in [-0.3, -0.25) is 9.89 Å². The fraction of sp³-hybridized carbons (Fsp3) is 0.304. The molecule has 2 aromatic heterocycles. The zero-order valence-electron chi connectivity index (χ0n) is 19.0. The number of anilines is 2. The highest BCUT2D eigenvalue weighted by Gasteiger charge is 2.34. The van der Waals surface area contributed by atoms with Crippen molar-refractivity contribution in [2.24, 2.45) is 5.92 Å². The number of hydrogen-bond acceptors (Lipinski definition) is 6. The van der Waals surface area contributed by atoms with Gasteiger partial charge in [-0.25, -0.2) is 9.56 Å². The molecule has 3 aromatic rings. The van der Waals surface area contributed by atoms with E-state index in [2.05, 4.69) is 25.2 Å². The zero-order valence-corrected chi connectivity index (χ0v) is 19.7. The maximum Gasteiger partial charge on any atom is 0.487 e. The highest BCUT2D eigenvalue weighted by atomic mass is 35.5. The Morgan fingerprint density at radius 1 is 1.31 bits per heavy atom. The largest absolute Gasteiger partial charge is 0.487 e. The van der Waals surface area contributed by atoms with Crippen LogP contribution in [0, 0.1) is 5.92 Å². The number of pyridine rings is 1. The summed E-state index contributed by atoms with van der Waals surface area (Å²) in [6.45, 7) is 0.958. The number of alkyl halides is 3. The summed E-state index contributed by atoms with van der Waals surface area (Å²) >= 11 is 4.77. The second-order valence-electron chi connectivity index (χ2n) is 8.34. The van der Waals surface area contributed by atoms with Crippen LogP contribution in [0.5, 0.6) is 5.75 Å². The van der Waals surface area contributed by atoms with Gasteiger partial charge in [-0.05, 0) is 36.4 Å². The van der Waals surface area contributed by atoms with Crippen LogP contribution in [-0.2, 0) is 0 Å². The third-order valence-electron chi connectivity index (χ3n) is 5.39. The first-order chi connectivity index (χ1) is 16.6. The summed E-state index contributed by atoms with van der Waals surface area (Å²) in [6, 6.07) is 8.82. The minimum atomic E-state index is -3.82. The number of aromatic amines is 1. The van der Waals surface area contributed by atoms with Crippen LogP contribution in [0.4, 0.5) is 20.3 Å². The van der Waals surface area contributed by atoms with Gasteiger partial charge in [0.05, 0.1) is 23.3 Å². The number of ether oxygens (including phenoxy) is 1. The lowest BCUT2D eigenvalue weighted by atomic mass is 10.1. The molecule has 3 N–H and O–H groups in total. The maximum atomic E-state index is 12.9. The average molecular weight is 506 g/mol. The number of aromatic nitrogens is 3. The Morgan fingerprint density at radius 2 is 2.06 bits per heavy atom. The van der Waals surface area contributed by atoms with E-state index >= 15 is 0 Å². The Morgan fingerprint density at radius 3 is 2.69 bits per heavy atom. The van der Waals surface area contributed by atoms with E-state index in [0.717, 1.165) is 0 Å². The molecule has 0 saturated carbocycles. The minimum Gasteiger partial charge on any atom is -0.420 e. The lowest BCUT2D eigenvalue weighted by Crippen LogP contribution is -2.23. The molecule has 0 bridgehead atoms. The quantitative estimate of drug-likeness (QED) is 0.259. The van der Waals surface area contributed by atoms with Gasteiger partial charge in [0.1, 0.15) is 31.9 Å². The van der Waals surface area contributed by atoms with Gasteiger partial charge in [0.25, 0.3) is 5.91 Å². The van der Waals surface area contributed by atoms with Crippen molar-refractivity contribution in [1.82, 2.24) is 15.2 Å². The lowest BCUT2D eigenvalue weighted by molar-refractivity contribution is -0.462. The Kier molecular flexibility index (Phi) is 6.99. The second kappa shape index (κ2) is 9.96. The zero-order chi connectivity index (χ0) is 25.2. The summed E-state index contributed by atoms with van der Waals surface area (Å²) in [5.41, 5.74) is -1.85. The van der Waals surface area contributed by atoms with Crippen molar-refractivity contribution in [2.45, 2.75) is 11.7 Å². The predicted molar refractivity (Wildman–Crippen MR) is 128 cm³/mol. The van der Waals surface area contributed by atoms with E-state index < -0.39 is 17.6 Å². The van der Waals surface area contributed by atoms with Crippen LogP contribution in [0.15, 0.2) is 48.8 Å². The summed E-state index contributed by atoms with van der Waals surface area (Å²) in [7, 11) is 3.82. The molecule has 0 aliphatic carbocycles. The SMILES string of the molecule is C[N+](C)=CC1CN(c2ncc(C(=O)Nc3ccc(OC(F)(F)Cl)cc3)cc2-c2ccn[nH]2)CC1O. The number of aliphatic hydroxyl groups excluding tert-OH is 1. The van der Waals surface area contributed by atoms with Gasteiger partial charge in [0.15, 0.2) is 0 Å². The van der Waals surface area contributed by atoms with Crippen molar-refractivity contribution >= 4 is 35.2 Å². The second-order valence-corrected chi connectivity index (χ2v) is 8.78. The average Bonchev–Trinajstić information content (AvgIpc) is 3.44. The normalized spacial score (nSPS) is 17.8. The van der Waals surface area contributed by atoms with Crippen molar-refractivity contribution in [3.8, 4) is 17.0 Å². The van der Waals surface area contributed by atoms with E-state index in [1.807, 2.05) is 29.8 Å². The standard InChI is InChI=1S/C23H23ClF2N6O3/c1-31(2)11-15-12-32(13-20(15)33)21-18(19-7-8-28-30-19)9-14(10-27-21)22(34)29-16-3-5-17(6-4-16)35-23(24,25)26/h3-11,15,20,33H,12-13H2,1-2H3,(H-,28,29,30,34)/p+1. The predicted octanol–water partition coefficient (Wildman–Crippen LogP) is 3.03. The number of benzene rings is 1. The van der Waals surface area contributed by atoms with Crippen LogP contribution in [0.3, 0.4) is 0 Å². The summed E-state index contributed by atoms with van der Waals surface area (Å²) in [6.07, 6.45) is 4.46.